The van der Waals surface area contributed by atoms with Gasteiger partial charge in [0.05, 0.1) is 0 Å². The van der Waals surface area contributed by atoms with E-state index in [1.54, 1.807) is 0 Å². The molecule has 1 aromatic rings. The number of nitrogens with one attached hydrogen (secondary N) is 1. The van der Waals surface area contributed by atoms with Crippen molar-refractivity contribution in [3.8, 4) is 0 Å². The lowest BCUT2D eigenvalue weighted by molar-refractivity contribution is 0.701. The highest BCUT2D eigenvalue weighted by Crippen LogP contribution is 2.40. The summed E-state index contributed by atoms with van der Waals surface area (Å²) in [5, 5.41) is 3.43. The first-order valence-electron chi connectivity index (χ1n) is 5.04. The van der Waals surface area contributed by atoms with E-state index in [9.17, 15) is 0 Å². The van der Waals surface area contributed by atoms with Crippen LogP contribution in [0.1, 0.15) is 19.8 Å². The standard InChI is InChI=1S/C11H16N2/c1-2-9-7-10(9)8-13-11-3-5-12-6-4-11/h3-6,9-10H,2,7-8H2,1H3,(H,12,13). The van der Waals surface area contributed by atoms with Gasteiger partial charge in [0.25, 0.3) is 0 Å². The van der Waals surface area contributed by atoms with Crippen molar-refractivity contribution in [2.24, 2.45) is 11.8 Å². The summed E-state index contributed by atoms with van der Waals surface area (Å²) in [6.45, 7) is 3.40. The highest BCUT2D eigenvalue weighted by Gasteiger charge is 2.34. The van der Waals surface area contributed by atoms with Crippen LogP contribution in [-0.2, 0) is 0 Å². The highest BCUT2D eigenvalue weighted by molar-refractivity contribution is 5.40. The minimum Gasteiger partial charge on any atom is -0.385 e. The van der Waals surface area contributed by atoms with E-state index in [1.807, 2.05) is 24.5 Å². The van der Waals surface area contributed by atoms with Gasteiger partial charge in [0, 0.05) is 24.6 Å². The van der Waals surface area contributed by atoms with Crippen molar-refractivity contribution >= 4 is 5.69 Å². The molecule has 0 spiro atoms. The molecule has 0 bridgehead atoms. The van der Waals surface area contributed by atoms with Crippen molar-refractivity contribution in [1.82, 2.24) is 4.98 Å². The molecular weight excluding hydrogens is 160 g/mol. The lowest BCUT2D eigenvalue weighted by atomic mass is 10.2. The lowest BCUT2D eigenvalue weighted by Crippen LogP contribution is -2.04. The Labute approximate surface area is 79.4 Å². The second kappa shape index (κ2) is 3.77. The topological polar surface area (TPSA) is 24.9 Å². The van der Waals surface area contributed by atoms with Crippen molar-refractivity contribution < 1.29 is 0 Å². The number of hydrogen-bond acceptors (Lipinski definition) is 2. The number of rotatable bonds is 4. The van der Waals surface area contributed by atoms with Gasteiger partial charge in [0.1, 0.15) is 0 Å². The maximum atomic E-state index is 3.98. The van der Waals surface area contributed by atoms with Crippen LogP contribution in [0.4, 0.5) is 5.69 Å². The molecule has 1 aromatic heterocycles. The van der Waals surface area contributed by atoms with Gasteiger partial charge < -0.3 is 5.32 Å². The van der Waals surface area contributed by atoms with E-state index in [0.717, 1.165) is 18.4 Å². The van der Waals surface area contributed by atoms with Crippen molar-refractivity contribution in [3.05, 3.63) is 24.5 Å². The average molecular weight is 176 g/mol. The molecule has 2 atom stereocenters. The number of hydrogen-bond donors (Lipinski definition) is 1. The van der Waals surface area contributed by atoms with Crippen molar-refractivity contribution in [2.75, 3.05) is 11.9 Å². The summed E-state index contributed by atoms with van der Waals surface area (Å²) in [6.07, 6.45) is 6.40. The fourth-order valence-electron chi connectivity index (χ4n) is 1.78. The second-order valence-electron chi connectivity index (χ2n) is 3.78. The Bertz CT molecular complexity index is 258. The van der Waals surface area contributed by atoms with Crippen LogP contribution in [0.25, 0.3) is 0 Å². The third-order valence-corrected chi connectivity index (χ3v) is 2.84. The summed E-state index contributed by atoms with van der Waals surface area (Å²) in [6, 6.07) is 4.03. The summed E-state index contributed by atoms with van der Waals surface area (Å²) in [4.78, 5) is 3.98. The van der Waals surface area contributed by atoms with E-state index in [0.29, 0.717) is 0 Å². The average Bonchev–Trinajstić information content (AvgIpc) is 2.95. The molecule has 1 N–H and O–H groups in total. The second-order valence-corrected chi connectivity index (χ2v) is 3.78. The predicted molar refractivity (Wildman–Crippen MR) is 54.6 cm³/mol. The quantitative estimate of drug-likeness (QED) is 0.762. The molecule has 1 aliphatic rings. The predicted octanol–water partition coefficient (Wildman–Crippen LogP) is 2.54. The zero-order valence-electron chi connectivity index (χ0n) is 8.03. The van der Waals surface area contributed by atoms with Gasteiger partial charge in [-0.1, -0.05) is 13.3 Å². The molecule has 1 heterocycles. The summed E-state index contributed by atoms with van der Waals surface area (Å²) in [5.74, 6) is 1.90. The minimum absolute atomic E-state index is 0.915. The van der Waals surface area contributed by atoms with Gasteiger partial charge in [-0.3, -0.25) is 4.98 Å². The highest BCUT2D eigenvalue weighted by atomic mass is 14.9. The Kier molecular flexibility index (Phi) is 2.48. The van der Waals surface area contributed by atoms with Crippen molar-refractivity contribution in [3.63, 3.8) is 0 Å². The van der Waals surface area contributed by atoms with Crippen LogP contribution >= 0.6 is 0 Å². The van der Waals surface area contributed by atoms with Crippen molar-refractivity contribution in [2.45, 2.75) is 19.8 Å². The first kappa shape index (κ1) is 8.54. The Morgan fingerprint density at radius 3 is 2.77 bits per heavy atom. The van der Waals surface area contributed by atoms with E-state index in [-0.39, 0.29) is 0 Å². The Morgan fingerprint density at radius 1 is 1.38 bits per heavy atom. The van der Waals surface area contributed by atoms with Crippen LogP contribution in [0.15, 0.2) is 24.5 Å². The molecule has 1 saturated carbocycles. The summed E-state index contributed by atoms with van der Waals surface area (Å²) < 4.78 is 0. The first-order valence-corrected chi connectivity index (χ1v) is 5.04. The molecule has 70 valence electrons. The fourth-order valence-corrected chi connectivity index (χ4v) is 1.78. The molecule has 0 radical (unpaired) electrons. The van der Waals surface area contributed by atoms with Crippen LogP contribution in [0.3, 0.4) is 0 Å². The zero-order chi connectivity index (χ0) is 9.10. The van der Waals surface area contributed by atoms with Gasteiger partial charge in [-0.2, -0.15) is 0 Å². The number of anilines is 1. The molecule has 13 heavy (non-hydrogen) atoms. The van der Waals surface area contributed by atoms with Gasteiger partial charge in [0.15, 0.2) is 0 Å². The third kappa shape index (κ3) is 2.20. The molecule has 0 amide bonds. The zero-order valence-corrected chi connectivity index (χ0v) is 8.03. The molecule has 2 unspecified atom stereocenters. The van der Waals surface area contributed by atoms with E-state index in [4.69, 9.17) is 0 Å². The Hall–Kier alpha value is -1.05. The van der Waals surface area contributed by atoms with Crippen LogP contribution in [0.5, 0.6) is 0 Å². The molecule has 0 aromatic carbocycles. The maximum absolute atomic E-state index is 3.98. The summed E-state index contributed by atoms with van der Waals surface area (Å²) in [7, 11) is 0. The van der Waals surface area contributed by atoms with Crippen LogP contribution in [-0.4, -0.2) is 11.5 Å². The fraction of sp³-hybridized carbons (Fsp3) is 0.545. The van der Waals surface area contributed by atoms with Gasteiger partial charge in [-0.15, -0.1) is 0 Å². The van der Waals surface area contributed by atoms with E-state index in [2.05, 4.69) is 17.2 Å². The van der Waals surface area contributed by atoms with Crippen LogP contribution in [0, 0.1) is 11.8 Å². The van der Waals surface area contributed by atoms with Crippen molar-refractivity contribution in [1.29, 1.82) is 0 Å². The summed E-state index contributed by atoms with van der Waals surface area (Å²) in [5.41, 5.74) is 1.19. The van der Waals surface area contributed by atoms with Gasteiger partial charge in [-0.05, 0) is 30.4 Å². The molecule has 2 nitrogen and oxygen atoms in total. The normalized spacial score (nSPS) is 25.6. The van der Waals surface area contributed by atoms with E-state index in [1.165, 1.54) is 18.5 Å². The molecule has 2 rings (SSSR count). The van der Waals surface area contributed by atoms with E-state index >= 15 is 0 Å². The summed E-state index contributed by atoms with van der Waals surface area (Å²) >= 11 is 0. The number of nitrogens with zero attached hydrogens (tertiary/aromatic N) is 1. The maximum Gasteiger partial charge on any atom is 0.0371 e. The van der Waals surface area contributed by atoms with Crippen LogP contribution in [0.2, 0.25) is 0 Å². The number of pyridine rings is 1. The molecule has 2 heteroatoms. The Balaban J connectivity index is 1.75. The minimum atomic E-state index is 0.915. The van der Waals surface area contributed by atoms with Crippen LogP contribution < -0.4 is 5.32 Å². The molecular formula is C11H16N2. The van der Waals surface area contributed by atoms with Gasteiger partial charge in [-0.25, -0.2) is 0 Å². The number of aromatic nitrogens is 1. The van der Waals surface area contributed by atoms with E-state index < -0.39 is 0 Å². The SMILES string of the molecule is CCC1CC1CNc1ccncc1. The monoisotopic (exact) mass is 176 g/mol. The first-order chi connectivity index (χ1) is 6.40. The Morgan fingerprint density at radius 2 is 2.15 bits per heavy atom. The molecule has 1 fully saturated rings. The third-order valence-electron chi connectivity index (χ3n) is 2.84. The molecule has 1 aliphatic carbocycles. The smallest absolute Gasteiger partial charge is 0.0371 e. The lowest BCUT2D eigenvalue weighted by Gasteiger charge is -2.04. The largest absolute Gasteiger partial charge is 0.385 e. The van der Waals surface area contributed by atoms with Gasteiger partial charge in [0.2, 0.25) is 0 Å². The van der Waals surface area contributed by atoms with Gasteiger partial charge >= 0.3 is 0 Å². The molecule has 0 aliphatic heterocycles. The molecule has 0 saturated heterocycles.